The van der Waals surface area contributed by atoms with Crippen molar-refractivity contribution in [2.75, 3.05) is 23.3 Å². The molecule has 7 heteroatoms. The van der Waals surface area contributed by atoms with Gasteiger partial charge in [0.2, 0.25) is 17.7 Å². The van der Waals surface area contributed by atoms with Crippen LogP contribution in [0.4, 0.5) is 11.4 Å². The molecule has 32 heavy (non-hydrogen) atoms. The number of nitrogens with one attached hydrogen (secondary N) is 1. The monoisotopic (exact) mass is 434 g/mol. The Labute approximate surface area is 188 Å². The van der Waals surface area contributed by atoms with Gasteiger partial charge < -0.3 is 16.0 Å². The molecule has 2 aromatic carbocycles. The molecule has 2 heterocycles. The molecule has 0 bridgehead atoms. The zero-order chi connectivity index (χ0) is 22.8. The second kappa shape index (κ2) is 9.12. The van der Waals surface area contributed by atoms with Crippen molar-refractivity contribution in [2.24, 2.45) is 11.7 Å². The minimum atomic E-state index is -0.713. The van der Waals surface area contributed by atoms with E-state index >= 15 is 0 Å². The molecule has 2 aliphatic rings. The second-order valence-corrected chi connectivity index (χ2v) is 8.78. The molecule has 2 aliphatic heterocycles. The lowest BCUT2D eigenvalue weighted by Gasteiger charge is -2.23. The number of carbonyl (C=O) groups excluding carboxylic acids is 3. The van der Waals surface area contributed by atoms with E-state index in [1.165, 1.54) is 5.56 Å². The Morgan fingerprint density at radius 2 is 1.84 bits per heavy atom. The summed E-state index contributed by atoms with van der Waals surface area (Å²) in [7, 11) is 0. The molecular formula is C25H30N4O3. The van der Waals surface area contributed by atoms with Gasteiger partial charge in [-0.3, -0.25) is 19.3 Å². The van der Waals surface area contributed by atoms with Gasteiger partial charge in [-0.05, 0) is 74.5 Å². The number of rotatable bonds is 6. The van der Waals surface area contributed by atoms with Crippen molar-refractivity contribution in [3.63, 3.8) is 0 Å². The lowest BCUT2D eigenvalue weighted by molar-refractivity contribution is -0.129. The number of primary amides is 1. The van der Waals surface area contributed by atoms with E-state index in [1.54, 1.807) is 4.90 Å². The van der Waals surface area contributed by atoms with Gasteiger partial charge in [-0.25, -0.2) is 0 Å². The Bertz CT molecular complexity index is 1050. The largest absolute Gasteiger partial charge is 0.368 e. The molecule has 0 aromatic heterocycles. The van der Waals surface area contributed by atoms with Crippen molar-refractivity contribution in [3.8, 4) is 0 Å². The van der Waals surface area contributed by atoms with Crippen LogP contribution in [-0.4, -0.2) is 41.8 Å². The quantitative estimate of drug-likeness (QED) is 0.684. The van der Waals surface area contributed by atoms with Gasteiger partial charge in [0.1, 0.15) is 5.92 Å². The van der Waals surface area contributed by atoms with E-state index in [9.17, 15) is 14.4 Å². The first-order chi connectivity index (χ1) is 15.3. The molecule has 4 rings (SSSR count). The van der Waals surface area contributed by atoms with Crippen LogP contribution in [-0.2, 0) is 20.9 Å². The van der Waals surface area contributed by atoms with Gasteiger partial charge >= 0.3 is 0 Å². The van der Waals surface area contributed by atoms with Crippen LogP contribution >= 0.6 is 0 Å². The fourth-order valence-electron chi connectivity index (χ4n) is 4.63. The number of para-hydroxylation sites is 1. The molecule has 3 N–H and O–H groups in total. The van der Waals surface area contributed by atoms with E-state index in [-0.39, 0.29) is 23.8 Å². The minimum absolute atomic E-state index is 0.170. The molecule has 0 aliphatic carbocycles. The number of aryl methyl sites for hydroxylation is 2. The summed E-state index contributed by atoms with van der Waals surface area (Å²) in [4.78, 5) is 41.5. The first kappa shape index (κ1) is 22.0. The fraction of sp³-hybridized carbons (Fsp3) is 0.400. The van der Waals surface area contributed by atoms with Crippen molar-refractivity contribution >= 4 is 29.1 Å². The Kier molecular flexibility index (Phi) is 6.28. The van der Waals surface area contributed by atoms with E-state index in [1.807, 2.05) is 56.3 Å². The summed E-state index contributed by atoms with van der Waals surface area (Å²) in [5, 5.41) is 2.96. The predicted molar refractivity (Wildman–Crippen MR) is 124 cm³/mol. The molecule has 2 saturated heterocycles. The lowest BCUT2D eigenvalue weighted by Crippen LogP contribution is -2.40. The Balaban J connectivity index is 1.46. The number of nitrogens with zero attached hydrogens (tertiary/aromatic N) is 2. The maximum Gasteiger partial charge on any atom is 0.239 e. The number of hydrogen-bond acceptors (Lipinski definition) is 4. The average Bonchev–Trinajstić information content (AvgIpc) is 3.38. The van der Waals surface area contributed by atoms with Gasteiger partial charge in [-0.2, -0.15) is 0 Å². The molecular weight excluding hydrogens is 404 g/mol. The van der Waals surface area contributed by atoms with Crippen LogP contribution in [0.15, 0.2) is 42.5 Å². The van der Waals surface area contributed by atoms with E-state index in [4.69, 9.17) is 5.73 Å². The molecule has 3 amide bonds. The molecule has 0 saturated carbocycles. The maximum absolute atomic E-state index is 13.0. The Hall–Kier alpha value is -3.19. The van der Waals surface area contributed by atoms with Crippen molar-refractivity contribution in [2.45, 2.75) is 45.7 Å². The third kappa shape index (κ3) is 4.39. The number of anilines is 2. The molecule has 0 spiro atoms. The number of likely N-dealkylation sites (tertiary alicyclic amines) is 1. The molecule has 2 fully saturated rings. The number of amides is 3. The highest BCUT2D eigenvalue weighted by atomic mass is 16.2. The average molecular weight is 435 g/mol. The van der Waals surface area contributed by atoms with E-state index in [0.717, 1.165) is 36.2 Å². The van der Waals surface area contributed by atoms with Gasteiger partial charge in [-0.1, -0.05) is 24.3 Å². The zero-order valence-corrected chi connectivity index (χ0v) is 18.6. The van der Waals surface area contributed by atoms with Crippen molar-refractivity contribution in [3.05, 3.63) is 59.2 Å². The molecule has 2 unspecified atom stereocenters. The summed E-state index contributed by atoms with van der Waals surface area (Å²) in [5.41, 5.74) is 10.2. The normalized spacial score (nSPS) is 21.2. The van der Waals surface area contributed by atoms with Gasteiger partial charge in [0.15, 0.2) is 0 Å². The summed E-state index contributed by atoms with van der Waals surface area (Å²) in [6, 6.07) is 13.2. The second-order valence-electron chi connectivity index (χ2n) is 8.78. The van der Waals surface area contributed by atoms with Crippen LogP contribution in [0.2, 0.25) is 0 Å². The van der Waals surface area contributed by atoms with E-state index in [0.29, 0.717) is 25.2 Å². The minimum Gasteiger partial charge on any atom is -0.368 e. The van der Waals surface area contributed by atoms with Gasteiger partial charge in [0.25, 0.3) is 0 Å². The van der Waals surface area contributed by atoms with Crippen LogP contribution in [0.5, 0.6) is 0 Å². The topological polar surface area (TPSA) is 95.7 Å². The highest BCUT2D eigenvalue weighted by molar-refractivity contribution is 6.13. The first-order valence-corrected chi connectivity index (χ1v) is 11.2. The highest BCUT2D eigenvalue weighted by Gasteiger charge is 2.38. The van der Waals surface area contributed by atoms with Gasteiger partial charge in [0.05, 0.1) is 6.04 Å². The van der Waals surface area contributed by atoms with Crippen molar-refractivity contribution < 1.29 is 14.4 Å². The summed E-state index contributed by atoms with van der Waals surface area (Å²) in [5.74, 6) is -1.49. The summed E-state index contributed by atoms with van der Waals surface area (Å²) in [6.07, 6.45) is 2.16. The Morgan fingerprint density at radius 1 is 1.06 bits per heavy atom. The van der Waals surface area contributed by atoms with Gasteiger partial charge in [-0.15, -0.1) is 0 Å². The van der Waals surface area contributed by atoms with Crippen molar-refractivity contribution in [1.29, 1.82) is 0 Å². The Morgan fingerprint density at radius 3 is 2.59 bits per heavy atom. The predicted octanol–water partition coefficient (Wildman–Crippen LogP) is 2.74. The zero-order valence-electron chi connectivity index (χ0n) is 18.6. The van der Waals surface area contributed by atoms with Gasteiger partial charge in [0, 0.05) is 24.5 Å². The summed E-state index contributed by atoms with van der Waals surface area (Å²) < 4.78 is 0. The van der Waals surface area contributed by atoms with Crippen LogP contribution in [0, 0.1) is 19.8 Å². The SMILES string of the molecule is Cc1ccc(N2CCC(C(=O)Nc3ccccc3CN3CCCC3C(N)=O)C2=O)cc1C. The highest BCUT2D eigenvalue weighted by Crippen LogP contribution is 2.29. The maximum atomic E-state index is 13.0. The van der Waals surface area contributed by atoms with Crippen LogP contribution in [0.3, 0.4) is 0 Å². The molecule has 7 nitrogen and oxygen atoms in total. The standard InChI is InChI=1S/C25H30N4O3/c1-16-9-10-19(14-17(16)2)29-13-11-20(25(29)32)24(31)27-21-7-4-3-6-18(21)15-28-12-5-8-22(28)23(26)30/h3-4,6-7,9-10,14,20,22H,5,8,11-13,15H2,1-2H3,(H2,26,30)(H,27,31). The first-order valence-electron chi connectivity index (χ1n) is 11.2. The van der Waals surface area contributed by atoms with Crippen molar-refractivity contribution in [1.82, 2.24) is 4.90 Å². The number of carbonyl (C=O) groups is 3. The summed E-state index contributed by atoms with van der Waals surface area (Å²) >= 11 is 0. The number of nitrogens with two attached hydrogens (primary N) is 1. The lowest BCUT2D eigenvalue weighted by atomic mass is 10.1. The summed E-state index contributed by atoms with van der Waals surface area (Å²) in [6.45, 7) is 5.89. The molecule has 2 atom stereocenters. The van der Waals surface area contributed by atoms with Crippen LogP contribution in [0.25, 0.3) is 0 Å². The number of benzene rings is 2. The molecule has 0 radical (unpaired) electrons. The molecule has 168 valence electrons. The van der Waals surface area contributed by atoms with E-state index in [2.05, 4.69) is 10.2 Å². The molecule has 2 aromatic rings. The van der Waals surface area contributed by atoms with Crippen LogP contribution < -0.4 is 16.0 Å². The smallest absolute Gasteiger partial charge is 0.239 e. The third-order valence-electron chi connectivity index (χ3n) is 6.66. The van der Waals surface area contributed by atoms with E-state index < -0.39 is 5.92 Å². The number of hydrogen-bond donors (Lipinski definition) is 2. The van der Waals surface area contributed by atoms with Crippen LogP contribution in [0.1, 0.15) is 36.0 Å². The fourth-order valence-corrected chi connectivity index (χ4v) is 4.63. The third-order valence-corrected chi connectivity index (χ3v) is 6.66.